The van der Waals surface area contributed by atoms with Crippen molar-refractivity contribution in [1.29, 1.82) is 0 Å². The van der Waals surface area contributed by atoms with Crippen molar-refractivity contribution in [2.75, 3.05) is 19.8 Å². The van der Waals surface area contributed by atoms with Gasteiger partial charge in [0.25, 0.3) is 0 Å². The second-order valence-corrected chi connectivity index (χ2v) is 12.0. The lowest BCUT2D eigenvalue weighted by Gasteiger charge is -2.36. The fourth-order valence-corrected chi connectivity index (χ4v) is 4.89. The average molecular weight is 584 g/mol. The Kier molecular flexibility index (Phi) is 15.3. The number of hydrogen-bond acceptors (Lipinski definition) is 4. The topological polar surface area (TPSA) is 36.9 Å². The van der Waals surface area contributed by atoms with Gasteiger partial charge in [0.05, 0.1) is 0 Å². The van der Waals surface area contributed by atoms with E-state index in [0.717, 1.165) is 29.9 Å². The smallest absolute Gasteiger partial charge is 0.168 e. The quantitative estimate of drug-likeness (QED) is 0.146. The number of ether oxygens (including phenoxy) is 2. The van der Waals surface area contributed by atoms with Gasteiger partial charge in [0, 0.05) is 11.5 Å². The van der Waals surface area contributed by atoms with Crippen LogP contribution in [0.15, 0.2) is 91.0 Å². The second kappa shape index (κ2) is 18.1. The van der Waals surface area contributed by atoms with E-state index in [2.05, 4.69) is 65.8 Å². The highest BCUT2D eigenvalue weighted by Gasteiger charge is 2.37. The van der Waals surface area contributed by atoms with Crippen LogP contribution in [0.5, 0.6) is 11.5 Å². The summed E-state index contributed by atoms with van der Waals surface area (Å²) in [6.07, 6.45) is 1.57. The Morgan fingerprint density at radius 2 is 0.927 bits per heavy atom. The van der Waals surface area contributed by atoms with Crippen LogP contribution in [0.3, 0.4) is 0 Å². The molecule has 0 N–H and O–H groups in total. The molecule has 0 aliphatic heterocycles. The molecule has 0 radical (unpaired) electrons. The first-order valence-electron chi connectivity index (χ1n) is 14.9. The van der Waals surface area contributed by atoms with Gasteiger partial charge in [0.15, 0.2) is 6.54 Å². The molecule has 0 saturated heterocycles. The molecule has 0 aliphatic carbocycles. The Morgan fingerprint density at radius 1 is 0.537 bits per heavy atom. The Labute approximate surface area is 254 Å². The molecule has 41 heavy (non-hydrogen) atoms. The van der Waals surface area contributed by atoms with Crippen LogP contribution < -0.4 is 21.9 Å². The number of benzene rings is 3. The van der Waals surface area contributed by atoms with E-state index in [1.807, 2.05) is 66.7 Å². The Morgan fingerprint density at radius 3 is 1.29 bits per heavy atom. The molecule has 0 amide bonds. The zero-order valence-electron chi connectivity index (χ0n) is 25.7. The molecule has 0 spiro atoms. The number of quaternary nitrogens is 1. The van der Waals surface area contributed by atoms with E-state index in [-0.39, 0.29) is 29.4 Å². The Bertz CT molecular complexity index is 1000. The van der Waals surface area contributed by atoms with Crippen molar-refractivity contribution in [3.63, 3.8) is 0 Å². The van der Waals surface area contributed by atoms with Gasteiger partial charge in [-0.25, -0.2) is 0 Å². The number of rotatable bonds is 18. The number of hydrogen-bond donors (Lipinski definition) is 0. The largest absolute Gasteiger partial charge is 1.00 e. The van der Waals surface area contributed by atoms with Crippen LogP contribution in [0.1, 0.15) is 59.9 Å². The van der Waals surface area contributed by atoms with Gasteiger partial charge in [0.2, 0.25) is 0 Å². The molecular formula is C35H50ClNO4. The summed E-state index contributed by atoms with van der Waals surface area (Å²) in [5.41, 5.74) is 1.16. The number of para-hydroxylation sites is 2. The molecular weight excluding hydrogens is 534 g/mol. The molecule has 0 heterocycles. The molecule has 0 aliphatic rings. The summed E-state index contributed by atoms with van der Waals surface area (Å²) in [5, 5.41) is 0. The minimum Gasteiger partial charge on any atom is -1.00 e. The maximum absolute atomic E-state index is 6.82. The van der Waals surface area contributed by atoms with Crippen LogP contribution in [-0.4, -0.2) is 36.8 Å². The van der Waals surface area contributed by atoms with Gasteiger partial charge in [-0.1, -0.05) is 108 Å². The zero-order chi connectivity index (χ0) is 28.8. The zero-order valence-corrected chi connectivity index (χ0v) is 26.5. The van der Waals surface area contributed by atoms with Crippen LogP contribution in [0.25, 0.3) is 0 Å². The van der Waals surface area contributed by atoms with Gasteiger partial charge in [-0.3, -0.25) is 0 Å². The van der Waals surface area contributed by atoms with Crippen molar-refractivity contribution in [3.05, 3.63) is 96.6 Å². The molecule has 0 bridgehead atoms. The van der Waals surface area contributed by atoms with E-state index in [1.54, 1.807) is 0 Å². The monoisotopic (exact) mass is 583 g/mol. The normalized spacial score (nSPS) is 14.4. The second-order valence-electron chi connectivity index (χ2n) is 12.0. The summed E-state index contributed by atoms with van der Waals surface area (Å²) in [4.78, 5) is 13.7. The lowest BCUT2D eigenvalue weighted by atomic mass is 10.1. The van der Waals surface area contributed by atoms with Crippen LogP contribution in [0, 0.1) is 17.8 Å². The highest BCUT2D eigenvalue weighted by Crippen LogP contribution is 2.25. The van der Waals surface area contributed by atoms with Gasteiger partial charge in [-0.15, -0.1) is 0 Å². The van der Waals surface area contributed by atoms with E-state index >= 15 is 0 Å². The summed E-state index contributed by atoms with van der Waals surface area (Å²) >= 11 is 0. The van der Waals surface area contributed by atoms with Crippen molar-refractivity contribution in [2.45, 2.75) is 73.1 Å². The van der Waals surface area contributed by atoms with Gasteiger partial charge in [-0.05, 0) is 53.8 Å². The third-order valence-electron chi connectivity index (χ3n) is 6.46. The summed E-state index contributed by atoms with van der Waals surface area (Å²) < 4.78 is 12.8. The summed E-state index contributed by atoms with van der Waals surface area (Å²) in [5.74, 6) is 3.00. The van der Waals surface area contributed by atoms with Gasteiger partial charge in [-0.2, -0.15) is 9.68 Å². The fraction of sp³-hybridized carbons (Fsp3) is 0.486. The highest BCUT2D eigenvalue weighted by atomic mass is 35.5. The van der Waals surface area contributed by atoms with Gasteiger partial charge < -0.3 is 21.9 Å². The highest BCUT2D eigenvalue weighted by molar-refractivity contribution is 5.22. The first kappa shape index (κ1) is 34.6. The molecule has 3 aromatic rings. The van der Waals surface area contributed by atoms with Crippen LogP contribution in [0.4, 0.5) is 0 Å². The molecule has 226 valence electrons. The predicted octanol–water partition coefficient (Wildman–Crippen LogP) is 5.51. The number of hydroxylamine groups is 4. The van der Waals surface area contributed by atoms with Crippen LogP contribution in [-0.2, 0) is 16.2 Å². The summed E-state index contributed by atoms with van der Waals surface area (Å²) in [7, 11) is 0. The lowest BCUT2D eigenvalue weighted by molar-refractivity contribution is -1.26. The maximum atomic E-state index is 6.82. The molecule has 0 saturated carbocycles. The number of nitrogens with zero attached hydrogens (tertiary/aromatic N) is 1. The van der Waals surface area contributed by atoms with Gasteiger partial charge >= 0.3 is 0 Å². The Hall–Kier alpha value is -2.57. The lowest BCUT2D eigenvalue weighted by Crippen LogP contribution is -3.00. The molecule has 6 heteroatoms. The SMILES string of the molecule is CC(C)CC(CO[N+](Cc1ccccc1)(CC(C)C)OCC(CC(C)C)Oc1ccccc1)Oc1ccccc1.[Cl-]. The van der Waals surface area contributed by atoms with E-state index in [9.17, 15) is 0 Å². The van der Waals surface area contributed by atoms with Gasteiger partial charge in [0.1, 0.15) is 43.5 Å². The molecule has 3 rings (SSSR count). The Balaban J connectivity index is 0.00000588. The first-order valence-corrected chi connectivity index (χ1v) is 14.9. The van der Waals surface area contributed by atoms with Crippen molar-refractivity contribution in [2.24, 2.45) is 17.8 Å². The third-order valence-corrected chi connectivity index (χ3v) is 6.46. The van der Waals surface area contributed by atoms with Crippen molar-refractivity contribution in [3.8, 4) is 11.5 Å². The number of halogens is 1. The van der Waals surface area contributed by atoms with E-state index in [0.29, 0.717) is 44.1 Å². The van der Waals surface area contributed by atoms with Crippen LogP contribution in [0.2, 0.25) is 0 Å². The molecule has 0 fully saturated rings. The maximum Gasteiger partial charge on any atom is 0.168 e. The molecule has 0 aromatic heterocycles. The van der Waals surface area contributed by atoms with E-state index in [1.165, 1.54) is 0 Å². The van der Waals surface area contributed by atoms with Crippen molar-refractivity contribution < 1.29 is 36.4 Å². The first-order chi connectivity index (χ1) is 19.2. The van der Waals surface area contributed by atoms with E-state index < -0.39 is 0 Å². The average Bonchev–Trinajstić information content (AvgIpc) is 2.91. The molecule has 5 nitrogen and oxygen atoms in total. The predicted molar refractivity (Wildman–Crippen MR) is 163 cm³/mol. The van der Waals surface area contributed by atoms with Crippen molar-refractivity contribution >= 4 is 0 Å². The van der Waals surface area contributed by atoms with Crippen LogP contribution >= 0.6 is 0 Å². The summed E-state index contributed by atoms with van der Waals surface area (Å²) in [6, 6.07) is 30.5. The molecule has 2 unspecified atom stereocenters. The van der Waals surface area contributed by atoms with E-state index in [4.69, 9.17) is 19.1 Å². The fourth-order valence-electron chi connectivity index (χ4n) is 4.89. The standard InChI is InChI=1S/C35H50NO4.ClH/c1-28(2)22-34(39-32-18-12-8-13-19-32)26-37-36(24-30(5)6,25-31-16-10-7-11-17-31)38-27-35(23-29(3)4)40-33-20-14-9-15-21-33;/h7-21,28-30,34-35H,22-27H2,1-6H3;1H/q+1;/p-1. The minimum absolute atomic E-state index is 0. The van der Waals surface area contributed by atoms with Crippen molar-refractivity contribution in [1.82, 2.24) is 0 Å². The minimum atomic E-state index is -0.0986. The molecule has 2 atom stereocenters. The summed E-state index contributed by atoms with van der Waals surface area (Å²) in [6.45, 7) is 15.4. The third kappa shape index (κ3) is 13.3. The molecule has 3 aromatic carbocycles.